The molecule has 2 aromatic rings. The predicted octanol–water partition coefficient (Wildman–Crippen LogP) is 4.82. The Morgan fingerprint density at radius 1 is 1.23 bits per heavy atom. The van der Waals surface area contributed by atoms with Gasteiger partial charge in [0, 0.05) is 30.3 Å². The lowest BCUT2D eigenvalue weighted by Gasteiger charge is -2.37. The second kappa shape index (κ2) is 8.75. The molecule has 0 saturated carbocycles. The third-order valence-electron chi connectivity index (χ3n) is 6.69. The van der Waals surface area contributed by atoms with Gasteiger partial charge in [0.15, 0.2) is 0 Å². The normalized spacial score (nSPS) is 26.1. The Hall–Kier alpha value is -2.79. The van der Waals surface area contributed by atoms with Gasteiger partial charge in [-0.25, -0.2) is 0 Å². The summed E-state index contributed by atoms with van der Waals surface area (Å²) in [6, 6.07) is 14.7. The highest BCUT2D eigenvalue weighted by Crippen LogP contribution is 2.50. The topological polar surface area (TPSA) is 59.6 Å². The van der Waals surface area contributed by atoms with Crippen LogP contribution in [0.5, 0.6) is 5.75 Å². The summed E-state index contributed by atoms with van der Waals surface area (Å²) in [6.45, 7) is 4.06. The molecule has 162 valence electrons. The Bertz CT molecular complexity index is 963. The maximum Gasteiger partial charge on any atom is 0.251 e. The summed E-state index contributed by atoms with van der Waals surface area (Å²) in [5, 5.41) is 6.79. The van der Waals surface area contributed by atoms with Gasteiger partial charge in [0.25, 0.3) is 5.91 Å². The van der Waals surface area contributed by atoms with Gasteiger partial charge in [0.2, 0.25) is 0 Å². The molecular weight excluding hydrogens is 388 g/mol. The molecule has 0 aromatic heterocycles. The highest BCUT2D eigenvalue weighted by atomic mass is 16.5. The highest BCUT2D eigenvalue weighted by Gasteiger charge is 2.38. The average molecular weight is 419 g/mol. The van der Waals surface area contributed by atoms with Crippen LogP contribution in [0.15, 0.2) is 54.6 Å². The van der Waals surface area contributed by atoms with Crippen molar-refractivity contribution in [2.45, 2.75) is 44.2 Å². The van der Waals surface area contributed by atoms with Crippen molar-refractivity contribution in [3.8, 4) is 5.75 Å². The average Bonchev–Trinajstić information content (AvgIpc) is 3.50. The number of anilines is 1. The zero-order valence-electron chi connectivity index (χ0n) is 18.0. The van der Waals surface area contributed by atoms with Crippen molar-refractivity contribution in [3.63, 3.8) is 0 Å². The van der Waals surface area contributed by atoms with Gasteiger partial charge in [-0.15, -0.1) is 0 Å². The monoisotopic (exact) mass is 418 g/mol. The van der Waals surface area contributed by atoms with Crippen LogP contribution in [0.2, 0.25) is 0 Å². The third-order valence-corrected chi connectivity index (χ3v) is 6.69. The van der Waals surface area contributed by atoms with Crippen LogP contribution in [-0.4, -0.2) is 31.8 Å². The van der Waals surface area contributed by atoms with Crippen LogP contribution in [0.4, 0.5) is 5.69 Å². The lowest BCUT2D eigenvalue weighted by molar-refractivity contribution is 0.0857. The van der Waals surface area contributed by atoms with Crippen molar-refractivity contribution in [2.75, 3.05) is 25.1 Å². The van der Waals surface area contributed by atoms with Gasteiger partial charge in [0.05, 0.1) is 18.8 Å². The van der Waals surface area contributed by atoms with Crippen LogP contribution in [0.3, 0.4) is 0 Å². The number of nitrogens with one attached hydrogen (secondary N) is 2. The van der Waals surface area contributed by atoms with Crippen LogP contribution in [0.1, 0.15) is 59.6 Å². The van der Waals surface area contributed by atoms with Gasteiger partial charge < -0.3 is 20.1 Å². The molecule has 1 saturated heterocycles. The number of amides is 1. The fourth-order valence-electron chi connectivity index (χ4n) is 5.12. The molecule has 0 bridgehead atoms. The van der Waals surface area contributed by atoms with Gasteiger partial charge in [-0.1, -0.05) is 24.3 Å². The smallest absolute Gasteiger partial charge is 0.251 e. The number of ether oxygens (including phenoxy) is 2. The maximum atomic E-state index is 12.7. The van der Waals surface area contributed by atoms with E-state index in [2.05, 4.69) is 59.2 Å². The van der Waals surface area contributed by atoms with E-state index in [1.165, 1.54) is 11.1 Å². The molecule has 2 heterocycles. The predicted molar refractivity (Wildman–Crippen MR) is 122 cm³/mol. The Labute approximate surface area is 183 Å². The number of benzene rings is 2. The van der Waals surface area contributed by atoms with Gasteiger partial charge in [-0.3, -0.25) is 4.79 Å². The molecule has 4 unspecified atom stereocenters. The summed E-state index contributed by atoms with van der Waals surface area (Å²) >= 11 is 0. The number of hydrogen-bond donors (Lipinski definition) is 2. The zero-order valence-corrected chi connectivity index (χ0v) is 18.0. The molecule has 2 aromatic carbocycles. The third kappa shape index (κ3) is 4.07. The van der Waals surface area contributed by atoms with Crippen molar-refractivity contribution in [1.82, 2.24) is 5.32 Å². The molecule has 2 N–H and O–H groups in total. The van der Waals surface area contributed by atoms with Crippen molar-refractivity contribution in [2.24, 2.45) is 5.92 Å². The van der Waals surface area contributed by atoms with Gasteiger partial charge in [0.1, 0.15) is 5.75 Å². The number of carbonyl (C=O) groups is 1. The largest absolute Gasteiger partial charge is 0.494 e. The van der Waals surface area contributed by atoms with Crippen LogP contribution < -0.4 is 15.4 Å². The second-order valence-corrected chi connectivity index (χ2v) is 8.62. The number of hydrogen-bond acceptors (Lipinski definition) is 4. The van der Waals surface area contributed by atoms with E-state index in [1.807, 2.05) is 13.0 Å². The fraction of sp³-hybridized carbons (Fsp3) is 0.423. The summed E-state index contributed by atoms with van der Waals surface area (Å²) in [5.74, 6) is 1.64. The Morgan fingerprint density at radius 3 is 2.87 bits per heavy atom. The van der Waals surface area contributed by atoms with E-state index < -0.39 is 0 Å². The molecule has 5 nitrogen and oxygen atoms in total. The number of fused-ring (bicyclic) bond motifs is 3. The maximum absolute atomic E-state index is 12.7. The SMILES string of the molecule is CCOc1ccc(C2Nc3ccc(C(=O)NCC4CCCO4)cc3C3C=CCC32)cc1. The Kier molecular flexibility index (Phi) is 5.68. The first-order valence-electron chi connectivity index (χ1n) is 11.4. The van der Waals surface area contributed by atoms with Crippen molar-refractivity contribution in [3.05, 3.63) is 71.3 Å². The zero-order chi connectivity index (χ0) is 21.2. The molecule has 1 amide bonds. The Morgan fingerprint density at radius 2 is 2.10 bits per heavy atom. The molecule has 31 heavy (non-hydrogen) atoms. The second-order valence-electron chi connectivity index (χ2n) is 8.62. The first-order valence-corrected chi connectivity index (χ1v) is 11.4. The van der Waals surface area contributed by atoms with E-state index in [4.69, 9.17) is 9.47 Å². The van der Waals surface area contributed by atoms with E-state index in [0.29, 0.717) is 25.0 Å². The van der Waals surface area contributed by atoms with Gasteiger partial charge in [-0.2, -0.15) is 0 Å². The summed E-state index contributed by atoms with van der Waals surface area (Å²) in [4.78, 5) is 12.7. The molecule has 1 fully saturated rings. The highest BCUT2D eigenvalue weighted by molar-refractivity contribution is 5.95. The lowest BCUT2D eigenvalue weighted by atomic mass is 9.76. The molecule has 5 heteroatoms. The lowest BCUT2D eigenvalue weighted by Crippen LogP contribution is -2.32. The van der Waals surface area contributed by atoms with E-state index in [0.717, 1.165) is 42.9 Å². The summed E-state index contributed by atoms with van der Waals surface area (Å²) < 4.78 is 11.2. The van der Waals surface area contributed by atoms with Crippen LogP contribution in [0.25, 0.3) is 0 Å². The molecule has 2 aliphatic heterocycles. The Balaban J connectivity index is 1.35. The van der Waals surface area contributed by atoms with Gasteiger partial charge in [-0.05, 0) is 73.6 Å². The molecule has 1 aliphatic carbocycles. The summed E-state index contributed by atoms with van der Waals surface area (Å²) in [7, 11) is 0. The first-order chi connectivity index (χ1) is 15.2. The van der Waals surface area contributed by atoms with E-state index >= 15 is 0 Å². The van der Waals surface area contributed by atoms with E-state index in [9.17, 15) is 4.79 Å². The number of allylic oxidation sites excluding steroid dienone is 2. The molecule has 5 rings (SSSR count). The van der Waals surface area contributed by atoms with Crippen molar-refractivity contribution in [1.29, 1.82) is 0 Å². The van der Waals surface area contributed by atoms with Crippen LogP contribution >= 0.6 is 0 Å². The van der Waals surface area contributed by atoms with Crippen LogP contribution in [0, 0.1) is 5.92 Å². The fourth-order valence-corrected chi connectivity index (χ4v) is 5.12. The first kappa shape index (κ1) is 20.1. The molecule has 4 atom stereocenters. The minimum atomic E-state index is -0.0227. The van der Waals surface area contributed by atoms with Crippen LogP contribution in [-0.2, 0) is 4.74 Å². The molecule has 3 aliphatic rings. The van der Waals surface area contributed by atoms with Gasteiger partial charge >= 0.3 is 0 Å². The quantitative estimate of drug-likeness (QED) is 0.661. The van der Waals surface area contributed by atoms with Crippen molar-refractivity contribution < 1.29 is 14.3 Å². The summed E-state index contributed by atoms with van der Waals surface area (Å²) in [5.41, 5.74) is 4.32. The number of carbonyl (C=O) groups excluding carboxylic acids is 1. The molecular formula is C26H30N2O3. The van der Waals surface area contributed by atoms with Crippen molar-refractivity contribution >= 4 is 11.6 Å². The summed E-state index contributed by atoms with van der Waals surface area (Å²) in [6.07, 6.45) is 7.87. The van der Waals surface area contributed by atoms with E-state index in [-0.39, 0.29) is 18.1 Å². The standard InChI is InChI=1S/C26H30N2O3/c1-2-30-19-11-8-17(9-12-19)25-22-7-3-6-21(22)23-15-18(10-13-24(23)28-25)26(29)27-16-20-5-4-14-31-20/h3,6,8-13,15,20-22,25,28H,2,4-5,7,14,16H2,1H3,(H,27,29). The minimum absolute atomic E-state index is 0.0227. The molecule has 0 radical (unpaired) electrons. The minimum Gasteiger partial charge on any atom is -0.494 e. The van der Waals surface area contributed by atoms with E-state index in [1.54, 1.807) is 0 Å². The number of rotatable bonds is 6. The molecule has 0 spiro atoms.